The molecule has 7 heteroatoms. The van der Waals surface area contributed by atoms with Crippen LogP contribution >= 0.6 is 0 Å². The Kier molecular flexibility index (Phi) is 5.56. The average Bonchev–Trinajstić information content (AvgIpc) is 3.29. The fraction of sp³-hybridized carbons (Fsp3) is 0.500. The standard InChI is InChI=1S/C22H25NO6/c1-2-27-22(26)23-17-5-6-18-16(10-21(25)29-19(18)11-17)12-28-20(24)9-15-8-13-3-4-14(15)7-13/h5-6,10-11,13-15H,2-4,7-9,12H2,1H3,(H,23,26)/t13-,14-,15+/m1/s1. The molecule has 1 aromatic heterocycles. The van der Waals surface area contributed by atoms with E-state index in [4.69, 9.17) is 13.9 Å². The highest BCUT2D eigenvalue weighted by Gasteiger charge is 2.40. The smallest absolute Gasteiger partial charge is 0.411 e. The number of fused-ring (bicyclic) bond motifs is 3. The summed E-state index contributed by atoms with van der Waals surface area (Å²) >= 11 is 0. The molecule has 1 amide bonds. The van der Waals surface area contributed by atoms with Crippen LogP contribution in [0.3, 0.4) is 0 Å². The average molecular weight is 399 g/mol. The van der Waals surface area contributed by atoms with Crippen LogP contribution in [0.4, 0.5) is 10.5 Å². The highest BCUT2D eigenvalue weighted by atomic mass is 16.5. The lowest BCUT2D eigenvalue weighted by molar-refractivity contribution is -0.146. The van der Waals surface area contributed by atoms with Gasteiger partial charge in [0.25, 0.3) is 0 Å². The number of nitrogens with one attached hydrogen (secondary N) is 1. The Morgan fingerprint density at radius 1 is 1.17 bits per heavy atom. The van der Waals surface area contributed by atoms with Crippen LogP contribution in [0.15, 0.2) is 33.5 Å². The van der Waals surface area contributed by atoms with Crippen LogP contribution in [0.25, 0.3) is 11.0 Å². The van der Waals surface area contributed by atoms with E-state index in [0.29, 0.717) is 40.5 Å². The van der Waals surface area contributed by atoms with Crippen LogP contribution in [-0.4, -0.2) is 18.7 Å². The molecule has 3 atom stereocenters. The topological polar surface area (TPSA) is 94.8 Å². The van der Waals surface area contributed by atoms with Gasteiger partial charge >= 0.3 is 17.7 Å². The molecule has 2 aromatic rings. The van der Waals surface area contributed by atoms with E-state index in [2.05, 4.69) is 5.32 Å². The summed E-state index contributed by atoms with van der Waals surface area (Å²) in [4.78, 5) is 35.8. The molecule has 154 valence electrons. The van der Waals surface area contributed by atoms with E-state index < -0.39 is 11.7 Å². The Hall–Kier alpha value is -2.83. The number of hydrogen-bond donors (Lipinski definition) is 1. The summed E-state index contributed by atoms with van der Waals surface area (Å²) in [6.07, 6.45) is 4.79. The van der Waals surface area contributed by atoms with Crippen molar-refractivity contribution in [1.29, 1.82) is 0 Å². The van der Waals surface area contributed by atoms with Crippen LogP contribution in [0.2, 0.25) is 0 Å². The van der Waals surface area contributed by atoms with Gasteiger partial charge in [-0.05, 0) is 56.1 Å². The number of anilines is 1. The Labute approximate surface area is 168 Å². The molecule has 1 N–H and O–H groups in total. The molecule has 0 unspecified atom stereocenters. The van der Waals surface area contributed by atoms with Gasteiger partial charge in [-0.2, -0.15) is 0 Å². The number of esters is 1. The van der Waals surface area contributed by atoms with E-state index in [-0.39, 0.29) is 19.2 Å². The highest BCUT2D eigenvalue weighted by Crippen LogP contribution is 2.49. The predicted octanol–water partition coefficient (Wildman–Crippen LogP) is 4.23. The lowest BCUT2D eigenvalue weighted by atomic mass is 9.86. The van der Waals surface area contributed by atoms with Crippen LogP contribution in [0.5, 0.6) is 0 Å². The molecule has 2 aliphatic rings. The maximum atomic E-state index is 12.3. The summed E-state index contributed by atoms with van der Waals surface area (Å²) in [6, 6.07) is 6.29. The fourth-order valence-corrected chi connectivity index (χ4v) is 4.77. The van der Waals surface area contributed by atoms with E-state index in [1.54, 1.807) is 25.1 Å². The monoisotopic (exact) mass is 399 g/mol. The molecule has 29 heavy (non-hydrogen) atoms. The van der Waals surface area contributed by atoms with E-state index in [1.807, 2.05) is 0 Å². The molecule has 2 fully saturated rings. The van der Waals surface area contributed by atoms with Gasteiger partial charge in [-0.1, -0.05) is 6.42 Å². The second kappa shape index (κ2) is 8.27. The van der Waals surface area contributed by atoms with Gasteiger partial charge in [0, 0.05) is 35.2 Å². The van der Waals surface area contributed by atoms with Crippen molar-refractivity contribution < 1.29 is 23.5 Å². The first-order valence-electron chi connectivity index (χ1n) is 10.2. The van der Waals surface area contributed by atoms with Gasteiger partial charge in [-0.15, -0.1) is 0 Å². The largest absolute Gasteiger partial charge is 0.461 e. The third kappa shape index (κ3) is 4.44. The molecule has 4 rings (SSSR count). The lowest BCUT2D eigenvalue weighted by Gasteiger charge is -2.20. The normalized spacial score (nSPS) is 22.6. The molecule has 2 saturated carbocycles. The molecule has 0 aliphatic heterocycles. The van der Waals surface area contributed by atoms with Crippen molar-refractivity contribution in [2.24, 2.45) is 17.8 Å². The van der Waals surface area contributed by atoms with Crippen molar-refractivity contribution in [2.75, 3.05) is 11.9 Å². The van der Waals surface area contributed by atoms with Crippen molar-refractivity contribution in [3.63, 3.8) is 0 Å². The van der Waals surface area contributed by atoms with Crippen molar-refractivity contribution in [3.05, 3.63) is 40.2 Å². The Morgan fingerprint density at radius 2 is 2.03 bits per heavy atom. The summed E-state index contributed by atoms with van der Waals surface area (Å²) in [6.45, 7) is 1.99. The highest BCUT2D eigenvalue weighted by molar-refractivity contribution is 5.90. The Morgan fingerprint density at radius 3 is 2.76 bits per heavy atom. The minimum atomic E-state index is -0.583. The van der Waals surface area contributed by atoms with Gasteiger partial charge in [0.15, 0.2) is 0 Å². The second-order valence-corrected chi connectivity index (χ2v) is 7.95. The summed E-state index contributed by atoms with van der Waals surface area (Å²) in [5.74, 6) is 1.68. The number of amides is 1. The van der Waals surface area contributed by atoms with Gasteiger partial charge < -0.3 is 13.9 Å². The SMILES string of the molecule is CCOC(=O)Nc1ccc2c(COC(=O)C[C@@H]3C[C@@H]4CC[C@@H]3C4)cc(=O)oc2c1. The minimum absolute atomic E-state index is 0.0202. The van der Waals surface area contributed by atoms with Crippen molar-refractivity contribution >= 4 is 28.7 Å². The van der Waals surface area contributed by atoms with Crippen LogP contribution in [-0.2, 0) is 20.9 Å². The fourth-order valence-electron chi connectivity index (χ4n) is 4.77. The molecule has 0 saturated heterocycles. The third-order valence-electron chi connectivity index (χ3n) is 6.05. The Balaban J connectivity index is 1.43. The molecule has 1 aromatic carbocycles. The van der Waals surface area contributed by atoms with E-state index >= 15 is 0 Å². The van der Waals surface area contributed by atoms with Gasteiger partial charge in [-0.25, -0.2) is 9.59 Å². The molecule has 1 heterocycles. The lowest BCUT2D eigenvalue weighted by Crippen LogP contribution is -2.17. The first kappa shape index (κ1) is 19.5. The van der Waals surface area contributed by atoms with Gasteiger partial charge in [0.2, 0.25) is 0 Å². The van der Waals surface area contributed by atoms with Gasteiger partial charge in [-0.3, -0.25) is 10.1 Å². The first-order valence-corrected chi connectivity index (χ1v) is 10.2. The molecular weight excluding hydrogens is 374 g/mol. The molecular formula is C22H25NO6. The summed E-state index contributed by atoms with van der Waals surface area (Å²) in [5, 5.41) is 3.23. The van der Waals surface area contributed by atoms with Crippen LogP contribution in [0.1, 0.15) is 44.6 Å². The van der Waals surface area contributed by atoms with Gasteiger partial charge in [0.1, 0.15) is 12.2 Å². The Bertz CT molecular complexity index is 981. The zero-order valence-corrected chi connectivity index (χ0v) is 16.4. The van der Waals surface area contributed by atoms with Crippen molar-refractivity contribution in [1.82, 2.24) is 0 Å². The molecule has 2 bridgehead atoms. The summed E-state index contributed by atoms with van der Waals surface area (Å²) in [7, 11) is 0. The zero-order chi connectivity index (χ0) is 20.4. The maximum absolute atomic E-state index is 12.3. The number of rotatable bonds is 6. The molecule has 0 spiro atoms. The predicted molar refractivity (Wildman–Crippen MR) is 106 cm³/mol. The van der Waals surface area contributed by atoms with Gasteiger partial charge in [0.05, 0.1) is 6.61 Å². The van der Waals surface area contributed by atoms with Crippen LogP contribution < -0.4 is 10.9 Å². The maximum Gasteiger partial charge on any atom is 0.411 e. The quantitative estimate of drug-likeness (QED) is 0.577. The molecule has 2 aliphatic carbocycles. The van der Waals surface area contributed by atoms with E-state index in [0.717, 1.165) is 12.3 Å². The number of carbonyl (C=O) groups is 2. The first-order chi connectivity index (χ1) is 14.0. The number of carbonyl (C=O) groups excluding carboxylic acids is 2. The molecule has 7 nitrogen and oxygen atoms in total. The number of benzene rings is 1. The minimum Gasteiger partial charge on any atom is -0.461 e. The van der Waals surface area contributed by atoms with Crippen molar-refractivity contribution in [2.45, 2.75) is 45.6 Å². The van der Waals surface area contributed by atoms with E-state index in [1.165, 1.54) is 25.3 Å². The second-order valence-electron chi connectivity index (χ2n) is 7.95. The van der Waals surface area contributed by atoms with E-state index in [9.17, 15) is 14.4 Å². The molecule has 0 radical (unpaired) electrons. The number of hydrogen-bond acceptors (Lipinski definition) is 6. The van der Waals surface area contributed by atoms with Crippen LogP contribution in [0, 0.1) is 17.8 Å². The number of ether oxygens (including phenoxy) is 2. The zero-order valence-electron chi connectivity index (χ0n) is 16.4. The summed E-state index contributed by atoms with van der Waals surface area (Å²) < 4.78 is 15.6. The third-order valence-corrected chi connectivity index (χ3v) is 6.05. The summed E-state index contributed by atoms with van der Waals surface area (Å²) in [5.41, 5.74) is 0.806. The van der Waals surface area contributed by atoms with Crippen molar-refractivity contribution in [3.8, 4) is 0 Å².